The molecule has 13 heavy (non-hydrogen) atoms. The minimum atomic E-state index is 1.12. The summed E-state index contributed by atoms with van der Waals surface area (Å²) in [5, 5.41) is 0. The molecule has 1 rings (SSSR count). The first kappa shape index (κ1) is 10.2. The summed E-state index contributed by atoms with van der Waals surface area (Å²) in [6, 6.07) is 2.17. The monoisotopic (exact) mass is 177 g/mol. The summed E-state index contributed by atoms with van der Waals surface area (Å²) in [4.78, 5) is 4.32. The van der Waals surface area contributed by atoms with Crippen LogP contribution in [0, 0.1) is 13.8 Å². The van der Waals surface area contributed by atoms with Crippen LogP contribution < -0.4 is 0 Å². The summed E-state index contributed by atoms with van der Waals surface area (Å²) in [7, 11) is 0. The Morgan fingerprint density at radius 1 is 1.23 bits per heavy atom. The molecule has 0 aliphatic heterocycles. The zero-order valence-corrected chi connectivity index (χ0v) is 8.93. The first-order valence-corrected chi connectivity index (χ1v) is 5.16. The van der Waals surface area contributed by atoms with Crippen molar-refractivity contribution in [1.82, 2.24) is 4.98 Å². The van der Waals surface area contributed by atoms with Gasteiger partial charge < -0.3 is 0 Å². The Hall–Kier alpha value is -0.850. The van der Waals surface area contributed by atoms with Gasteiger partial charge in [-0.1, -0.05) is 19.8 Å². The van der Waals surface area contributed by atoms with Crippen LogP contribution in [0.3, 0.4) is 0 Å². The van der Waals surface area contributed by atoms with Crippen molar-refractivity contribution in [3.8, 4) is 0 Å². The van der Waals surface area contributed by atoms with Crippen molar-refractivity contribution >= 4 is 0 Å². The molecule has 0 aliphatic rings. The molecule has 1 aromatic heterocycles. The van der Waals surface area contributed by atoms with Crippen molar-refractivity contribution in [2.45, 2.75) is 46.5 Å². The predicted molar refractivity (Wildman–Crippen MR) is 56.9 cm³/mol. The van der Waals surface area contributed by atoms with Gasteiger partial charge in [0.15, 0.2) is 0 Å². The molecule has 0 aliphatic carbocycles. The highest BCUT2D eigenvalue weighted by Crippen LogP contribution is 2.11. The van der Waals surface area contributed by atoms with Gasteiger partial charge in [0, 0.05) is 11.9 Å². The first-order valence-electron chi connectivity index (χ1n) is 5.16. The van der Waals surface area contributed by atoms with Gasteiger partial charge in [-0.15, -0.1) is 0 Å². The Kier molecular flexibility index (Phi) is 3.94. The largest absolute Gasteiger partial charge is 0.261 e. The van der Waals surface area contributed by atoms with Gasteiger partial charge in [-0.05, 0) is 43.9 Å². The van der Waals surface area contributed by atoms with Crippen LogP contribution in [0.15, 0.2) is 12.3 Å². The van der Waals surface area contributed by atoms with Gasteiger partial charge in [0.25, 0.3) is 0 Å². The van der Waals surface area contributed by atoms with Gasteiger partial charge >= 0.3 is 0 Å². The van der Waals surface area contributed by atoms with Gasteiger partial charge in [0.2, 0.25) is 0 Å². The molecule has 72 valence electrons. The molecule has 0 bridgehead atoms. The first-order chi connectivity index (χ1) is 6.24. The fourth-order valence-electron chi connectivity index (χ4n) is 1.55. The van der Waals surface area contributed by atoms with Crippen LogP contribution in [0.1, 0.15) is 43.0 Å². The smallest absolute Gasteiger partial charge is 0.0375 e. The third-order valence-corrected chi connectivity index (χ3v) is 2.41. The topological polar surface area (TPSA) is 12.9 Å². The van der Waals surface area contributed by atoms with Crippen LogP contribution in [-0.2, 0) is 6.42 Å². The summed E-state index contributed by atoms with van der Waals surface area (Å²) >= 11 is 0. The number of hydrogen-bond acceptors (Lipinski definition) is 1. The van der Waals surface area contributed by atoms with E-state index in [1.807, 2.05) is 13.1 Å². The van der Waals surface area contributed by atoms with Gasteiger partial charge in [-0.25, -0.2) is 0 Å². The Morgan fingerprint density at radius 3 is 2.62 bits per heavy atom. The highest BCUT2D eigenvalue weighted by Gasteiger charge is 1.98. The number of aromatic nitrogens is 1. The number of hydrogen-bond donors (Lipinski definition) is 0. The quantitative estimate of drug-likeness (QED) is 0.642. The lowest BCUT2D eigenvalue weighted by molar-refractivity contribution is 0.713. The summed E-state index contributed by atoms with van der Waals surface area (Å²) in [6.07, 6.45) is 7.13. The molecule has 1 aromatic rings. The maximum atomic E-state index is 4.32. The van der Waals surface area contributed by atoms with E-state index < -0.39 is 0 Å². The Morgan fingerprint density at radius 2 is 2.00 bits per heavy atom. The zero-order chi connectivity index (χ0) is 9.68. The van der Waals surface area contributed by atoms with E-state index in [0.29, 0.717) is 0 Å². The van der Waals surface area contributed by atoms with Crippen molar-refractivity contribution in [3.63, 3.8) is 0 Å². The Bertz CT molecular complexity index is 266. The third kappa shape index (κ3) is 3.17. The molecule has 0 aromatic carbocycles. The average molecular weight is 177 g/mol. The van der Waals surface area contributed by atoms with Gasteiger partial charge in [0.1, 0.15) is 0 Å². The van der Waals surface area contributed by atoms with E-state index >= 15 is 0 Å². The van der Waals surface area contributed by atoms with E-state index in [4.69, 9.17) is 0 Å². The fraction of sp³-hybridized carbons (Fsp3) is 0.583. The highest BCUT2D eigenvalue weighted by atomic mass is 14.7. The number of pyridine rings is 1. The maximum absolute atomic E-state index is 4.32. The summed E-state index contributed by atoms with van der Waals surface area (Å²) in [5.74, 6) is 0. The van der Waals surface area contributed by atoms with Crippen LogP contribution in [0.25, 0.3) is 0 Å². The number of aryl methyl sites for hydroxylation is 3. The second-order valence-corrected chi connectivity index (χ2v) is 3.71. The van der Waals surface area contributed by atoms with Crippen LogP contribution in [0.5, 0.6) is 0 Å². The van der Waals surface area contributed by atoms with E-state index in [1.165, 1.54) is 36.8 Å². The molecule has 0 atom stereocenters. The van der Waals surface area contributed by atoms with E-state index in [0.717, 1.165) is 5.69 Å². The molecule has 0 radical (unpaired) electrons. The van der Waals surface area contributed by atoms with Gasteiger partial charge in [-0.2, -0.15) is 0 Å². The molecule has 0 amide bonds. The lowest BCUT2D eigenvalue weighted by atomic mass is 10.0. The molecule has 0 saturated heterocycles. The summed E-state index contributed by atoms with van der Waals surface area (Å²) in [6.45, 7) is 6.46. The molecule has 0 N–H and O–H groups in total. The van der Waals surface area contributed by atoms with E-state index in [9.17, 15) is 0 Å². The molecule has 1 heterocycles. The van der Waals surface area contributed by atoms with Gasteiger partial charge in [0.05, 0.1) is 0 Å². The lowest BCUT2D eigenvalue weighted by Gasteiger charge is -2.05. The Labute approximate surface area is 81.2 Å². The fourth-order valence-corrected chi connectivity index (χ4v) is 1.55. The van der Waals surface area contributed by atoms with Crippen molar-refractivity contribution < 1.29 is 0 Å². The summed E-state index contributed by atoms with van der Waals surface area (Å²) in [5.41, 5.74) is 3.93. The molecule has 0 spiro atoms. The number of rotatable bonds is 4. The summed E-state index contributed by atoms with van der Waals surface area (Å²) < 4.78 is 0. The van der Waals surface area contributed by atoms with E-state index in [-0.39, 0.29) is 0 Å². The third-order valence-electron chi connectivity index (χ3n) is 2.41. The molecule has 1 heteroatoms. The van der Waals surface area contributed by atoms with E-state index in [1.54, 1.807) is 0 Å². The number of nitrogens with zero attached hydrogens (tertiary/aromatic N) is 1. The van der Waals surface area contributed by atoms with Crippen molar-refractivity contribution in [2.75, 3.05) is 0 Å². The van der Waals surface area contributed by atoms with Crippen molar-refractivity contribution in [3.05, 3.63) is 29.1 Å². The minimum Gasteiger partial charge on any atom is -0.261 e. The average Bonchev–Trinajstić information content (AvgIpc) is 2.09. The molecular formula is C12H19N. The zero-order valence-electron chi connectivity index (χ0n) is 8.93. The molecule has 0 saturated carbocycles. The molecule has 0 unspecified atom stereocenters. The lowest BCUT2D eigenvalue weighted by Crippen LogP contribution is -1.93. The van der Waals surface area contributed by atoms with Crippen LogP contribution in [-0.4, -0.2) is 4.98 Å². The highest BCUT2D eigenvalue weighted by molar-refractivity contribution is 5.24. The van der Waals surface area contributed by atoms with Crippen LogP contribution in [0.2, 0.25) is 0 Å². The molecule has 1 nitrogen and oxygen atoms in total. The SMILES string of the molecule is CCCCCc1cnc(C)cc1C. The standard InChI is InChI=1S/C12H19N/c1-4-5-6-7-12-9-13-11(3)8-10(12)2/h8-9H,4-7H2,1-3H3. The Balaban J connectivity index is 2.56. The van der Waals surface area contributed by atoms with Gasteiger partial charge in [-0.3, -0.25) is 4.98 Å². The normalized spacial score (nSPS) is 10.4. The second-order valence-electron chi connectivity index (χ2n) is 3.71. The number of unbranched alkanes of at least 4 members (excludes halogenated alkanes) is 2. The molecule has 0 fully saturated rings. The van der Waals surface area contributed by atoms with Crippen LogP contribution >= 0.6 is 0 Å². The van der Waals surface area contributed by atoms with Crippen molar-refractivity contribution in [1.29, 1.82) is 0 Å². The maximum Gasteiger partial charge on any atom is 0.0375 e. The molecular weight excluding hydrogens is 158 g/mol. The van der Waals surface area contributed by atoms with Crippen molar-refractivity contribution in [2.24, 2.45) is 0 Å². The predicted octanol–water partition coefficient (Wildman–Crippen LogP) is 3.43. The van der Waals surface area contributed by atoms with Crippen LogP contribution in [0.4, 0.5) is 0 Å². The van der Waals surface area contributed by atoms with E-state index in [2.05, 4.69) is 24.9 Å². The minimum absolute atomic E-state index is 1.12. The second kappa shape index (κ2) is 5.00.